The molecule has 25 heavy (non-hydrogen) atoms. The fraction of sp³-hybridized carbons (Fsp3) is 0.556. The van der Waals surface area contributed by atoms with Gasteiger partial charge in [-0.05, 0) is 30.5 Å². The van der Waals surface area contributed by atoms with E-state index in [1.807, 2.05) is 24.3 Å². The smallest absolute Gasteiger partial charge is 0.325 e. The normalized spacial score (nSPS) is 20.2. The molecule has 7 heteroatoms. The van der Waals surface area contributed by atoms with Crippen LogP contribution in [0.3, 0.4) is 0 Å². The number of nitrogens with one attached hydrogen (secondary N) is 1. The van der Waals surface area contributed by atoms with Gasteiger partial charge < -0.3 is 19.9 Å². The Morgan fingerprint density at radius 1 is 1.24 bits per heavy atom. The van der Waals surface area contributed by atoms with Gasteiger partial charge in [-0.15, -0.1) is 0 Å². The minimum atomic E-state index is -0.912. The molecule has 2 aliphatic rings. The van der Waals surface area contributed by atoms with Crippen molar-refractivity contribution in [1.82, 2.24) is 10.2 Å². The molecule has 1 aliphatic carbocycles. The number of amides is 3. The molecule has 3 amide bonds. The highest BCUT2D eigenvalue weighted by Crippen LogP contribution is 2.35. The highest BCUT2D eigenvalue weighted by Gasteiger charge is 2.52. The first-order valence-electron chi connectivity index (χ1n) is 8.57. The molecule has 0 unspecified atom stereocenters. The lowest BCUT2D eigenvalue weighted by Crippen LogP contribution is -2.45. The summed E-state index contributed by atoms with van der Waals surface area (Å²) in [6, 6.07) is 7.02. The number of methoxy groups -OCH3 is 1. The van der Waals surface area contributed by atoms with Crippen LogP contribution in [-0.2, 0) is 16.1 Å². The van der Waals surface area contributed by atoms with Crippen molar-refractivity contribution in [3.05, 3.63) is 29.8 Å². The Hall–Kier alpha value is -2.12. The number of hydrogen-bond donors (Lipinski definition) is 2. The van der Waals surface area contributed by atoms with Gasteiger partial charge in [-0.2, -0.15) is 0 Å². The summed E-state index contributed by atoms with van der Waals surface area (Å²) in [5.74, 6) is 0.549. The molecule has 136 valence electrons. The minimum Gasteiger partial charge on any atom is -0.497 e. The summed E-state index contributed by atoms with van der Waals surface area (Å²) in [6.07, 6.45) is 2.32. The van der Waals surface area contributed by atoms with Crippen molar-refractivity contribution in [3.8, 4) is 5.75 Å². The first-order valence-corrected chi connectivity index (χ1v) is 8.57. The number of aliphatic hydroxyl groups is 1. The predicted molar refractivity (Wildman–Crippen MR) is 90.1 cm³/mol. The van der Waals surface area contributed by atoms with Gasteiger partial charge in [-0.1, -0.05) is 25.0 Å². The molecular weight excluding hydrogens is 324 g/mol. The molecule has 2 fully saturated rings. The Morgan fingerprint density at radius 3 is 2.56 bits per heavy atom. The predicted octanol–water partition coefficient (Wildman–Crippen LogP) is 1.44. The van der Waals surface area contributed by atoms with Crippen LogP contribution in [0.2, 0.25) is 0 Å². The quantitative estimate of drug-likeness (QED) is 0.728. The van der Waals surface area contributed by atoms with Crippen LogP contribution in [0.4, 0.5) is 4.79 Å². The zero-order chi connectivity index (χ0) is 17.9. The maximum atomic E-state index is 12.5. The number of nitrogens with zero attached hydrogens (tertiary/aromatic N) is 1. The number of imide groups is 1. The Bertz CT molecular complexity index is 625. The number of carbonyl (C=O) groups is 2. The summed E-state index contributed by atoms with van der Waals surface area (Å²) in [5, 5.41) is 12.9. The molecule has 7 nitrogen and oxygen atoms in total. The zero-order valence-corrected chi connectivity index (χ0v) is 14.4. The number of hydrogen-bond acceptors (Lipinski definition) is 5. The van der Waals surface area contributed by atoms with Crippen molar-refractivity contribution in [1.29, 1.82) is 0 Å². The van der Waals surface area contributed by atoms with Gasteiger partial charge in [-0.25, -0.2) is 4.79 Å². The summed E-state index contributed by atoms with van der Waals surface area (Å²) in [6.45, 7) is 0.344. The van der Waals surface area contributed by atoms with Crippen LogP contribution in [0.15, 0.2) is 24.3 Å². The molecule has 1 heterocycles. The third-order valence-corrected chi connectivity index (χ3v) is 4.83. The fourth-order valence-corrected chi connectivity index (χ4v) is 3.46. The second-order valence-corrected chi connectivity index (χ2v) is 6.65. The molecule has 1 spiro atoms. The lowest BCUT2D eigenvalue weighted by atomic mass is 9.98. The lowest BCUT2D eigenvalue weighted by Gasteiger charge is -2.21. The van der Waals surface area contributed by atoms with E-state index in [0.29, 0.717) is 19.4 Å². The van der Waals surface area contributed by atoms with Crippen LogP contribution in [0.5, 0.6) is 5.75 Å². The molecule has 0 radical (unpaired) electrons. The van der Waals surface area contributed by atoms with Gasteiger partial charge in [0.25, 0.3) is 5.91 Å². The number of benzene rings is 1. The van der Waals surface area contributed by atoms with E-state index in [4.69, 9.17) is 9.47 Å². The summed E-state index contributed by atoms with van der Waals surface area (Å²) < 4.78 is 10.6. The molecule has 1 aromatic rings. The van der Waals surface area contributed by atoms with Crippen LogP contribution in [0.1, 0.15) is 31.2 Å². The Labute approximate surface area is 146 Å². The first kappa shape index (κ1) is 17.7. The molecule has 1 saturated carbocycles. The monoisotopic (exact) mass is 348 g/mol. The second kappa shape index (κ2) is 7.41. The van der Waals surface area contributed by atoms with Gasteiger partial charge in [0.15, 0.2) is 0 Å². The van der Waals surface area contributed by atoms with Crippen molar-refractivity contribution in [2.75, 3.05) is 20.3 Å². The van der Waals surface area contributed by atoms with Crippen LogP contribution < -0.4 is 10.1 Å². The molecule has 0 bridgehead atoms. The molecule has 1 saturated heterocycles. The summed E-state index contributed by atoms with van der Waals surface area (Å²) in [4.78, 5) is 25.7. The van der Waals surface area contributed by atoms with Crippen molar-refractivity contribution in [2.45, 2.75) is 43.9 Å². The Kier molecular flexibility index (Phi) is 5.24. The molecule has 3 rings (SSSR count). The highest BCUT2D eigenvalue weighted by molar-refractivity contribution is 6.07. The number of ether oxygens (including phenoxy) is 2. The van der Waals surface area contributed by atoms with E-state index in [-0.39, 0.29) is 19.1 Å². The third kappa shape index (κ3) is 3.77. The highest BCUT2D eigenvalue weighted by atomic mass is 16.5. The van der Waals surface area contributed by atoms with E-state index in [1.165, 1.54) is 0 Å². The van der Waals surface area contributed by atoms with E-state index in [1.54, 1.807) is 7.11 Å². The van der Waals surface area contributed by atoms with Crippen molar-refractivity contribution in [2.24, 2.45) is 0 Å². The minimum absolute atomic E-state index is 0.0466. The molecule has 1 aromatic carbocycles. The molecular formula is C18H24N2O5. The van der Waals surface area contributed by atoms with Gasteiger partial charge in [0.2, 0.25) is 0 Å². The largest absolute Gasteiger partial charge is 0.497 e. The van der Waals surface area contributed by atoms with Crippen LogP contribution >= 0.6 is 0 Å². The number of aliphatic hydroxyl groups excluding tert-OH is 1. The topological polar surface area (TPSA) is 88.1 Å². The van der Waals surface area contributed by atoms with E-state index >= 15 is 0 Å². The molecule has 1 aliphatic heterocycles. The molecule has 2 N–H and O–H groups in total. The summed E-state index contributed by atoms with van der Waals surface area (Å²) in [5.41, 5.74) is 0.216. The lowest BCUT2D eigenvalue weighted by molar-refractivity contribution is -0.132. The maximum absolute atomic E-state index is 12.5. The van der Waals surface area contributed by atoms with Crippen molar-refractivity contribution in [3.63, 3.8) is 0 Å². The first-order chi connectivity index (χ1) is 12.0. The average molecular weight is 348 g/mol. The number of carbonyl (C=O) groups excluding carboxylic acids is 2. The SMILES string of the molecule is COc1ccc(COC[C@H](O)CN2C(=O)NC3(CCCC3)C2=O)cc1. The van der Waals surface area contributed by atoms with Crippen LogP contribution in [0.25, 0.3) is 0 Å². The zero-order valence-electron chi connectivity index (χ0n) is 14.4. The standard InChI is InChI=1S/C18H24N2O5/c1-24-15-6-4-13(5-7-15)11-25-12-14(21)10-20-16(22)18(19-17(20)23)8-2-3-9-18/h4-7,14,21H,2-3,8-12H2,1H3,(H,19,23)/t14-/m1/s1. The van der Waals surface area contributed by atoms with Crippen molar-refractivity contribution < 1.29 is 24.2 Å². The second-order valence-electron chi connectivity index (χ2n) is 6.65. The van der Waals surface area contributed by atoms with Gasteiger partial charge >= 0.3 is 6.03 Å². The van der Waals surface area contributed by atoms with Gasteiger partial charge in [-0.3, -0.25) is 9.69 Å². The Balaban J connectivity index is 1.46. The molecule has 0 aromatic heterocycles. The van der Waals surface area contributed by atoms with Gasteiger partial charge in [0.1, 0.15) is 11.3 Å². The van der Waals surface area contributed by atoms with E-state index in [9.17, 15) is 14.7 Å². The van der Waals surface area contributed by atoms with Gasteiger partial charge in [0, 0.05) is 0 Å². The number of β-amino-alcohol motifs (C(OH)–C–C–N with tert-alkyl or cyclic N) is 1. The number of urea groups is 1. The third-order valence-electron chi connectivity index (χ3n) is 4.83. The van der Waals surface area contributed by atoms with Crippen molar-refractivity contribution >= 4 is 11.9 Å². The molecule has 1 atom stereocenters. The summed E-state index contributed by atoms with van der Waals surface area (Å²) in [7, 11) is 1.60. The van der Waals surface area contributed by atoms with E-state index in [2.05, 4.69) is 5.32 Å². The van der Waals surface area contributed by atoms with Crippen LogP contribution in [-0.4, -0.2) is 53.8 Å². The van der Waals surface area contributed by atoms with Gasteiger partial charge in [0.05, 0.1) is 33.0 Å². The average Bonchev–Trinajstić information content (AvgIpc) is 3.17. The van der Waals surface area contributed by atoms with E-state index < -0.39 is 17.7 Å². The maximum Gasteiger partial charge on any atom is 0.325 e. The summed E-state index contributed by atoms with van der Waals surface area (Å²) >= 11 is 0. The fourth-order valence-electron chi connectivity index (χ4n) is 3.46. The van der Waals surface area contributed by atoms with Crippen LogP contribution in [0, 0.1) is 0 Å². The number of rotatable bonds is 7. The van der Waals surface area contributed by atoms with E-state index in [0.717, 1.165) is 29.1 Å². The Morgan fingerprint density at radius 2 is 1.92 bits per heavy atom.